The van der Waals surface area contributed by atoms with Crippen molar-refractivity contribution >= 4 is 21.9 Å². The fourth-order valence-electron chi connectivity index (χ4n) is 5.57. The SMILES string of the molecule is COc1ccc(S(=O)(=O)N(CC(O)C(Cc2ccccc2)NC(=O)OC2COC3OCCC23)CC(C)(C)CCC(C)=O)cc1. The summed E-state index contributed by atoms with van der Waals surface area (Å²) in [6.07, 6.45) is -1.19. The number of aliphatic hydroxyl groups excluding tert-OH is 1. The predicted molar refractivity (Wildman–Crippen MR) is 163 cm³/mol. The summed E-state index contributed by atoms with van der Waals surface area (Å²) in [7, 11) is -2.60. The lowest BCUT2D eigenvalue weighted by Crippen LogP contribution is -2.52. The molecule has 1 amide bonds. The second-order valence-corrected chi connectivity index (χ2v) is 14.3. The van der Waals surface area contributed by atoms with Gasteiger partial charge in [-0.1, -0.05) is 44.2 Å². The highest BCUT2D eigenvalue weighted by Crippen LogP contribution is 2.33. The molecule has 4 rings (SSSR count). The Balaban J connectivity index is 1.57. The van der Waals surface area contributed by atoms with Gasteiger partial charge in [-0.3, -0.25) is 0 Å². The third-order valence-corrected chi connectivity index (χ3v) is 9.98. The van der Waals surface area contributed by atoms with Gasteiger partial charge in [0.25, 0.3) is 0 Å². The highest BCUT2D eigenvalue weighted by atomic mass is 32.2. The van der Waals surface area contributed by atoms with Gasteiger partial charge < -0.3 is 34.2 Å². The van der Waals surface area contributed by atoms with E-state index in [4.69, 9.17) is 18.9 Å². The van der Waals surface area contributed by atoms with Crippen LogP contribution in [0.5, 0.6) is 5.75 Å². The Morgan fingerprint density at radius 2 is 1.82 bits per heavy atom. The number of methoxy groups -OCH3 is 1. The van der Waals surface area contributed by atoms with E-state index in [9.17, 15) is 23.1 Å². The summed E-state index contributed by atoms with van der Waals surface area (Å²) in [4.78, 5) is 24.9. The number of Topliss-reactive ketones (excluding diaryl/α,β-unsaturated/α-hetero) is 1. The number of rotatable bonds is 15. The maximum Gasteiger partial charge on any atom is 0.407 e. The van der Waals surface area contributed by atoms with E-state index in [0.29, 0.717) is 25.2 Å². The van der Waals surface area contributed by atoms with Crippen molar-refractivity contribution in [3.05, 3.63) is 60.2 Å². The molecular weight excluding hydrogens is 588 g/mol. The van der Waals surface area contributed by atoms with Crippen molar-refractivity contribution in [2.24, 2.45) is 11.3 Å². The van der Waals surface area contributed by atoms with E-state index < -0.39 is 39.8 Å². The van der Waals surface area contributed by atoms with Gasteiger partial charge in [-0.15, -0.1) is 0 Å². The Morgan fingerprint density at radius 3 is 2.48 bits per heavy atom. The molecule has 0 aromatic heterocycles. The summed E-state index contributed by atoms with van der Waals surface area (Å²) in [6.45, 7) is 5.77. The highest BCUT2D eigenvalue weighted by Gasteiger charge is 2.44. The number of aliphatic hydroxyl groups is 1. The molecule has 2 fully saturated rings. The van der Waals surface area contributed by atoms with Crippen LogP contribution < -0.4 is 10.1 Å². The van der Waals surface area contributed by atoms with E-state index in [2.05, 4.69) is 5.32 Å². The lowest BCUT2D eigenvalue weighted by Gasteiger charge is -2.35. The molecule has 0 bridgehead atoms. The summed E-state index contributed by atoms with van der Waals surface area (Å²) >= 11 is 0. The molecule has 2 aromatic carbocycles. The summed E-state index contributed by atoms with van der Waals surface area (Å²) in [5.74, 6) is 0.461. The zero-order chi connectivity index (χ0) is 31.9. The second kappa shape index (κ2) is 14.8. The van der Waals surface area contributed by atoms with E-state index in [1.165, 1.54) is 30.5 Å². The van der Waals surface area contributed by atoms with E-state index in [0.717, 1.165) is 12.0 Å². The molecule has 12 heteroatoms. The van der Waals surface area contributed by atoms with E-state index in [-0.39, 0.29) is 49.0 Å². The lowest BCUT2D eigenvalue weighted by atomic mass is 9.87. The van der Waals surface area contributed by atoms with Crippen molar-refractivity contribution in [1.29, 1.82) is 0 Å². The Kier molecular flexibility index (Phi) is 11.4. The highest BCUT2D eigenvalue weighted by molar-refractivity contribution is 7.89. The first kappa shape index (κ1) is 33.9. The van der Waals surface area contributed by atoms with Crippen molar-refractivity contribution in [2.75, 3.05) is 33.4 Å². The number of fused-ring (bicyclic) bond motifs is 1. The number of ether oxygens (including phenoxy) is 4. The van der Waals surface area contributed by atoms with Crippen LogP contribution in [0.15, 0.2) is 59.5 Å². The monoisotopic (exact) mass is 632 g/mol. The van der Waals surface area contributed by atoms with Crippen LogP contribution in [-0.4, -0.2) is 87.7 Å². The number of sulfonamides is 1. The third-order valence-electron chi connectivity index (χ3n) is 8.16. The van der Waals surface area contributed by atoms with E-state index in [1.54, 1.807) is 12.1 Å². The minimum Gasteiger partial charge on any atom is -0.497 e. The van der Waals surface area contributed by atoms with Crippen molar-refractivity contribution in [1.82, 2.24) is 9.62 Å². The molecular formula is C32H44N2O9S. The van der Waals surface area contributed by atoms with Gasteiger partial charge in [0, 0.05) is 19.5 Å². The predicted octanol–water partition coefficient (Wildman–Crippen LogP) is 3.54. The average Bonchev–Trinajstić information content (AvgIpc) is 3.61. The standard InChI is InChI=1S/C32H44N2O9S/c1-22(35)14-16-32(2,3)21-34(44(38,39)25-12-10-24(40-4)11-13-25)19-28(36)27(18-23-8-6-5-7-9-23)33-31(37)43-29-20-42-30-26(29)15-17-41-30/h5-13,26-30,36H,14-21H2,1-4H3,(H,33,37). The fourth-order valence-corrected chi connectivity index (χ4v) is 7.22. The van der Waals surface area contributed by atoms with Gasteiger partial charge >= 0.3 is 6.09 Å². The molecule has 2 aliphatic rings. The van der Waals surface area contributed by atoms with Crippen LogP contribution in [0.1, 0.15) is 45.6 Å². The van der Waals surface area contributed by atoms with Gasteiger partial charge in [-0.25, -0.2) is 13.2 Å². The van der Waals surface area contributed by atoms with Crippen LogP contribution in [-0.2, 0) is 35.4 Å². The third kappa shape index (κ3) is 9.01. The van der Waals surface area contributed by atoms with Crippen LogP contribution in [0.3, 0.4) is 0 Å². The Morgan fingerprint density at radius 1 is 1.11 bits per heavy atom. The van der Waals surface area contributed by atoms with Crippen LogP contribution in [0.4, 0.5) is 4.79 Å². The Bertz CT molecular complexity index is 1350. The number of nitrogens with one attached hydrogen (secondary N) is 1. The van der Waals surface area contributed by atoms with Gasteiger partial charge in [0.2, 0.25) is 10.0 Å². The maximum absolute atomic E-state index is 14.0. The lowest BCUT2D eigenvalue weighted by molar-refractivity contribution is -0.117. The first-order valence-corrected chi connectivity index (χ1v) is 16.4. The molecule has 0 radical (unpaired) electrons. The molecule has 2 saturated heterocycles. The van der Waals surface area contributed by atoms with Gasteiger partial charge in [0.15, 0.2) is 6.29 Å². The minimum absolute atomic E-state index is 0.0106. The molecule has 44 heavy (non-hydrogen) atoms. The molecule has 2 aromatic rings. The number of ketones is 1. The summed E-state index contributed by atoms with van der Waals surface area (Å²) in [6, 6.07) is 14.5. The number of carbonyl (C=O) groups is 2. The molecule has 2 heterocycles. The average molecular weight is 633 g/mol. The zero-order valence-corrected chi connectivity index (χ0v) is 26.6. The second-order valence-electron chi connectivity index (χ2n) is 12.3. The maximum atomic E-state index is 14.0. The summed E-state index contributed by atoms with van der Waals surface area (Å²) in [5.41, 5.74) is 0.255. The van der Waals surface area contributed by atoms with Crippen molar-refractivity contribution < 1.29 is 42.1 Å². The molecule has 0 aliphatic carbocycles. The van der Waals surface area contributed by atoms with Crippen molar-refractivity contribution in [2.45, 2.75) is 75.9 Å². The topological polar surface area (TPSA) is 141 Å². The van der Waals surface area contributed by atoms with E-state index in [1.807, 2.05) is 44.2 Å². The Labute approximate surface area is 259 Å². The minimum atomic E-state index is -4.10. The molecule has 242 valence electrons. The number of hydrogen-bond donors (Lipinski definition) is 2. The van der Waals surface area contributed by atoms with Crippen LogP contribution in [0.25, 0.3) is 0 Å². The number of amides is 1. The van der Waals surface area contributed by atoms with Crippen molar-refractivity contribution in [3.8, 4) is 5.75 Å². The quantitative estimate of drug-likeness (QED) is 0.302. The van der Waals surface area contributed by atoms with Crippen LogP contribution >= 0.6 is 0 Å². The zero-order valence-electron chi connectivity index (χ0n) is 25.8. The van der Waals surface area contributed by atoms with E-state index >= 15 is 0 Å². The number of nitrogens with zero attached hydrogens (tertiary/aromatic N) is 1. The molecule has 11 nitrogen and oxygen atoms in total. The fraction of sp³-hybridized carbons (Fsp3) is 0.562. The number of hydrogen-bond acceptors (Lipinski definition) is 9. The van der Waals surface area contributed by atoms with Crippen molar-refractivity contribution in [3.63, 3.8) is 0 Å². The van der Waals surface area contributed by atoms with Gasteiger partial charge in [0.1, 0.15) is 17.6 Å². The molecule has 2 N–H and O–H groups in total. The van der Waals surface area contributed by atoms with Gasteiger partial charge in [-0.05, 0) is 61.4 Å². The molecule has 5 unspecified atom stereocenters. The molecule has 5 atom stereocenters. The molecule has 0 spiro atoms. The largest absolute Gasteiger partial charge is 0.497 e. The number of alkyl carbamates (subject to hydrolysis) is 1. The van der Waals surface area contributed by atoms with Crippen LogP contribution in [0, 0.1) is 11.3 Å². The number of benzene rings is 2. The smallest absolute Gasteiger partial charge is 0.407 e. The van der Waals surface area contributed by atoms with Gasteiger partial charge in [0.05, 0.1) is 43.3 Å². The van der Waals surface area contributed by atoms with Crippen LogP contribution in [0.2, 0.25) is 0 Å². The first-order chi connectivity index (χ1) is 20.9. The summed E-state index contributed by atoms with van der Waals surface area (Å²) < 4.78 is 51.2. The number of carbonyl (C=O) groups excluding carboxylic acids is 2. The first-order valence-electron chi connectivity index (χ1n) is 14.9. The molecule has 0 saturated carbocycles. The normalized spacial score (nSPS) is 21.5. The Hall–Kier alpha value is -3.03. The summed E-state index contributed by atoms with van der Waals surface area (Å²) in [5, 5.41) is 14.4. The van der Waals surface area contributed by atoms with Gasteiger partial charge in [-0.2, -0.15) is 4.31 Å². The molecule has 2 aliphatic heterocycles.